The first kappa shape index (κ1) is 14.9. The van der Waals surface area contributed by atoms with Gasteiger partial charge in [-0.2, -0.15) is 0 Å². The first-order valence-corrected chi connectivity index (χ1v) is 9.31. The Kier molecular flexibility index (Phi) is 3.13. The number of anilines is 1. The fraction of sp³-hybridized carbons (Fsp3) is 0.182. The smallest absolute Gasteiger partial charge is 0.150 e. The van der Waals surface area contributed by atoms with Crippen LogP contribution in [0.3, 0.4) is 0 Å². The van der Waals surface area contributed by atoms with Gasteiger partial charge in [0.15, 0.2) is 0 Å². The summed E-state index contributed by atoms with van der Waals surface area (Å²) in [4.78, 5) is 12.1. The van der Waals surface area contributed by atoms with Crippen molar-refractivity contribution >= 4 is 44.2 Å². The molecule has 0 aliphatic carbocycles. The zero-order valence-electron chi connectivity index (χ0n) is 14.8. The number of hydrogen-bond donors (Lipinski definition) is 0. The van der Waals surface area contributed by atoms with Crippen molar-refractivity contribution < 1.29 is 4.74 Å². The van der Waals surface area contributed by atoms with E-state index in [4.69, 9.17) is 14.7 Å². The highest BCUT2D eigenvalue weighted by Crippen LogP contribution is 2.36. The molecular weight excluding hydrogens is 336 g/mol. The molecule has 132 valence electrons. The third-order valence-corrected chi connectivity index (χ3v) is 5.46. The highest BCUT2D eigenvalue weighted by Gasteiger charge is 2.20. The summed E-state index contributed by atoms with van der Waals surface area (Å²) in [5.74, 6) is 1.00. The number of fused-ring (bicyclic) bond motifs is 8. The van der Waals surface area contributed by atoms with Gasteiger partial charge in [-0.05, 0) is 29.7 Å². The number of hydrogen-bond acceptors (Lipinski definition) is 4. The van der Waals surface area contributed by atoms with E-state index in [9.17, 15) is 0 Å². The lowest BCUT2D eigenvalue weighted by Gasteiger charge is -2.29. The lowest BCUT2D eigenvalue weighted by atomic mass is 10.1. The van der Waals surface area contributed by atoms with Gasteiger partial charge in [-0.3, -0.25) is 4.40 Å². The molecule has 0 amide bonds. The lowest BCUT2D eigenvalue weighted by Crippen LogP contribution is -2.36. The Morgan fingerprint density at radius 2 is 1.59 bits per heavy atom. The van der Waals surface area contributed by atoms with Crippen molar-refractivity contribution in [3.8, 4) is 0 Å². The van der Waals surface area contributed by atoms with E-state index in [1.54, 1.807) is 0 Å². The molecule has 0 bridgehead atoms. The van der Waals surface area contributed by atoms with Crippen LogP contribution in [0.4, 0.5) is 5.82 Å². The Bertz CT molecular complexity index is 1320. The molecule has 0 atom stereocenters. The van der Waals surface area contributed by atoms with Gasteiger partial charge in [-0.15, -0.1) is 0 Å². The summed E-state index contributed by atoms with van der Waals surface area (Å²) in [7, 11) is 0. The van der Waals surface area contributed by atoms with E-state index in [1.165, 1.54) is 16.3 Å². The predicted molar refractivity (Wildman–Crippen MR) is 109 cm³/mol. The molecule has 1 aliphatic rings. The standard InChI is InChI=1S/C22H18N4O/c1-3-7-18-15(5-1)16-9-10-23-21(25-11-13-27-14-12-25)20(16)22-24-17-6-2-4-8-19(17)26(18)22/h1-10H,11-14H2. The van der Waals surface area contributed by atoms with Crippen molar-refractivity contribution in [1.82, 2.24) is 14.4 Å². The fourth-order valence-electron chi connectivity index (χ4n) is 4.24. The van der Waals surface area contributed by atoms with E-state index in [0.29, 0.717) is 0 Å². The number of imidazole rings is 1. The molecule has 27 heavy (non-hydrogen) atoms. The van der Waals surface area contributed by atoms with Crippen LogP contribution in [0.5, 0.6) is 0 Å². The Hall–Kier alpha value is -3.18. The molecule has 0 radical (unpaired) electrons. The van der Waals surface area contributed by atoms with Gasteiger partial charge in [0, 0.05) is 24.7 Å². The van der Waals surface area contributed by atoms with Crippen LogP contribution in [0.1, 0.15) is 0 Å². The molecule has 0 saturated carbocycles. The molecule has 2 aromatic carbocycles. The van der Waals surface area contributed by atoms with Gasteiger partial charge in [0.05, 0.1) is 35.2 Å². The minimum Gasteiger partial charge on any atom is -0.378 e. The maximum atomic E-state index is 5.55. The summed E-state index contributed by atoms with van der Waals surface area (Å²) in [5.41, 5.74) is 4.28. The van der Waals surface area contributed by atoms with Gasteiger partial charge in [0.25, 0.3) is 0 Å². The fourth-order valence-corrected chi connectivity index (χ4v) is 4.24. The Morgan fingerprint density at radius 3 is 2.48 bits per heavy atom. The second kappa shape index (κ2) is 5.66. The molecule has 1 saturated heterocycles. The minimum absolute atomic E-state index is 0.734. The largest absolute Gasteiger partial charge is 0.378 e. The molecule has 0 spiro atoms. The van der Waals surface area contributed by atoms with Gasteiger partial charge in [0.1, 0.15) is 11.5 Å². The minimum atomic E-state index is 0.734. The van der Waals surface area contributed by atoms with E-state index in [0.717, 1.165) is 54.2 Å². The predicted octanol–water partition coefficient (Wildman–Crippen LogP) is 4.03. The second-order valence-corrected chi connectivity index (χ2v) is 6.93. The number of para-hydroxylation sites is 3. The zero-order chi connectivity index (χ0) is 17.8. The Morgan fingerprint density at radius 1 is 0.815 bits per heavy atom. The van der Waals surface area contributed by atoms with Crippen LogP contribution in [-0.4, -0.2) is 40.7 Å². The summed E-state index contributed by atoms with van der Waals surface area (Å²) in [6.45, 7) is 3.17. The quantitative estimate of drug-likeness (QED) is 0.426. The van der Waals surface area contributed by atoms with Crippen molar-refractivity contribution in [1.29, 1.82) is 0 Å². The highest BCUT2D eigenvalue weighted by atomic mass is 16.5. The molecule has 1 aliphatic heterocycles. The zero-order valence-corrected chi connectivity index (χ0v) is 14.8. The number of ether oxygens (including phenoxy) is 1. The van der Waals surface area contributed by atoms with Gasteiger partial charge in [-0.25, -0.2) is 9.97 Å². The van der Waals surface area contributed by atoms with E-state index in [1.807, 2.05) is 12.3 Å². The summed E-state index contributed by atoms with van der Waals surface area (Å²) in [5, 5.41) is 3.54. The molecule has 4 heterocycles. The monoisotopic (exact) mass is 354 g/mol. The number of benzene rings is 2. The molecule has 6 rings (SSSR count). The van der Waals surface area contributed by atoms with Crippen LogP contribution in [0.25, 0.3) is 38.4 Å². The van der Waals surface area contributed by atoms with Crippen molar-refractivity contribution in [3.63, 3.8) is 0 Å². The molecule has 5 aromatic rings. The Balaban J connectivity index is 1.85. The first-order chi connectivity index (χ1) is 13.4. The van der Waals surface area contributed by atoms with Crippen LogP contribution >= 0.6 is 0 Å². The molecular formula is C22H18N4O. The number of morpholine rings is 1. The van der Waals surface area contributed by atoms with Crippen molar-refractivity contribution in [2.75, 3.05) is 31.2 Å². The average Bonchev–Trinajstić information content (AvgIpc) is 3.14. The normalized spacial score (nSPS) is 15.3. The third-order valence-electron chi connectivity index (χ3n) is 5.46. The number of rotatable bonds is 1. The molecule has 0 unspecified atom stereocenters. The Labute approximate surface area is 155 Å². The van der Waals surface area contributed by atoms with E-state index in [2.05, 4.69) is 57.8 Å². The molecule has 5 heteroatoms. The lowest BCUT2D eigenvalue weighted by molar-refractivity contribution is 0.122. The second-order valence-electron chi connectivity index (χ2n) is 6.93. The van der Waals surface area contributed by atoms with Crippen LogP contribution in [0, 0.1) is 0 Å². The maximum absolute atomic E-state index is 5.55. The van der Waals surface area contributed by atoms with Crippen LogP contribution in [0.15, 0.2) is 60.8 Å². The SMILES string of the molecule is c1ccc2c(c1)nc1c3c(N4CCOCC4)nccc3c3ccccc3n21. The number of pyridine rings is 2. The van der Waals surface area contributed by atoms with Gasteiger partial charge in [0.2, 0.25) is 0 Å². The molecule has 5 nitrogen and oxygen atoms in total. The molecule has 3 aromatic heterocycles. The van der Waals surface area contributed by atoms with E-state index < -0.39 is 0 Å². The summed E-state index contributed by atoms with van der Waals surface area (Å²) in [6, 6.07) is 19.0. The molecule has 0 N–H and O–H groups in total. The van der Waals surface area contributed by atoms with Crippen molar-refractivity contribution in [3.05, 3.63) is 60.8 Å². The molecule has 1 fully saturated rings. The van der Waals surface area contributed by atoms with Gasteiger partial charge in [-0.1, -0.05) is 30.3 Å². The van der Waals surface area contributed by atoms with E-state index in [-0.39, 0.29) is 0 Å². The average molecular weight is 354 g/mol. The van der Waals surface area contributed by atoms with Crippen LogP contribution in [-0.2, 0) is 4.74 Å². The number of aromatic nitrogens is 3. The first-order valence-electron chi connectivity index (χ1n) is 9.31. The maximum Gasteiger partial charge on any atom is 0.150 e. The van der Waals surface area contributed by atoms with Gasteiger partial charge < -0.3 is 9.64 Å². The summed E-state index contributed by atoms with van der Waals surface area (Å²) >= 11 is 0. The topological polar surface area (TPSA) is 42.7 Å². The van der Waals surface area contributed by atoms with Crippen molar-refractivity contribution in [2.24, 2.45) is 0 Å². The highest BCUT2D eigenvalue weighted by molar-refractivity contribution is 6.17. The third kappa shape index (κ3) is 2.09. The number of nitrogens with zero attached hydrogens (tertiary/aromatic N) is 4. The summed E-state index contributed by atoms with van der Waals surface area (Å²) < 4.78 is 7.83. The van der Waals surface area contributed by atoms with Gasteiger partial charge >= 0.3 is 0 Å². The van der Waals surface area contributed by atoms with E-state index >= 15 is 0 Å². The van der Waals surface area contributed by atoms with Crippen LogP contribution < -0.4 is 4.90 Å². The summed E-state index contributed by atoms with van der Waals surface area (Å²) in [6.07, 6.45) is 1.92. The van der Waals surface area contributed by atoms with Crippen molar-refractivity contribution in [2.45, 2.75) is 0 Å². The van der Waals surface area contributed by atoms with Crippen LogP contribution in [0.2, 0.25) is 0 Å².